The van der Waals surface area contributed by atoms with Crippen LogP contribution in [-0.4, -0.2) is 36.7 Å². The average Bonchev–Trinajstić information content (AvgIpc) is 2.77. The minimum absolute atomic E-state index is 0.126. The van der Waals surface area contributed by atoms with Gasteiger partial charge in [0.05, 0.1) is 11.6 Å². The van der Waals surface area contributed by atoms with Crippen LogP contribution in [-0.2, 0) is 9.59 Å². The number of ether oxygens (including phenoxy) is 2. The van der Waals surface area contributed by atoms with Gasteiger partial charge < -0.3 is 14.4 Å². The van der Waals surface area contributed by atoms with E-state index >= 15 is 0 Å². The van der Waals surface area contributed by atoms with Crippen LogP contribution in [0.1, 0.15) is 78.2 Å². The summed E-state index contributed by atoms with van der Waals surface area (Å²) in [5.41, 5.74) is 4.37. The van der Waals surface area contributed by atoms with Crippen molar-refractivity contribution in [1.29, 1.82) is 0 Å². The monoisotopic (exact) mass is 555 g/mol. The second-order valence-corrected chi connectivity index (χ2v) is 12.7. The zero-order valence-corrected chi connectivity index (χ0v) is 24.0. The average molecular weight is 557 g/mol. The maximum atomic E-state index is 13.8. The number of rotatable bonds is 7. The Labute approximate surface area is 223 Å². The number of hydrogen-bond acceptors (Lipinski definition) is 5. The number of benzene rings is 1. The molecule has 1 aromatic rings. The van der Waals surface area contributed by atoms with Crippen molar-refractivity contribution in [2.24, 2.45) is 10.8 Å². The lowest BCUT2D eigenvalue weighted by molar-refractivity contribution is -0.119. The fourth-order valence-electron chi connectivity index (χ4n) is 6.06. The lowest BCUT2D eigenvalue weighted by Gasteiger charge is -2.49. The molecule has 1 aliphatic heterocycles. The number of carbonyl (C=O) groups excluding carboxylic acids is 2. The van der Waals surface area contributed by atoms with E-state index in [9.17, 15) is 9.59 Å². The standard InChI is InChI=1S/C30H38BrNO4/c1-8-10-32-20-14-29(3,4)16-22(33)26(20)25(27-21(32)15-30(5,6)17-23(27)34)18-12-19(31)28(36-11-9-2)24(13-18)35-7/h9,12-13,25H,2,8,10-11,14-17H2,1,3-7H3. The molecule has 1 heterocycles. The molecule has 194 valence electrons. The van der Waals surface area contributed by atoms with Gasteiger partial charge in [-0.25, -0.2) is 0 Å². The highest BCUT2D eigenvalue weighted by molar-refractivity contribution is 9.10. The van der Waals surface area contributed by atoms with Crippen LogP contribution >= 0.6 is 15.9 Å². The highest BCUT2D eigenvalue weighted by Crippen LogP contribution is 2.55. The first-order valence-electron chi connectivity index (χ1n) is 12.8. The second-order valence-electron chi connectivity index (χ2n) is 11.8. The molecule has 5 nitrogen and oxygen atoms in total. The predicted octanol–water partition coefficient (Wildman–Crippen LogP) is 7.12. The van der Waals surface area contributed by atoms with Crippen LogP contribution in [0.25, 0.3) is 0 Å². The minimum Gasteiger partial charge on any atom is -0.493 e. The van der Waals surface area contributed by atoms with Gasteiger partial charge >= 0.3 is 0 Å². The third-order valence-corrected chi connectivity index (χ3v) is 7.99. The van der Waals surface area contributed by atoms with E-state index in [4.69, 9.17) is 9.47 Å². The normalized spacial score (nSPS) is 21.4. The number of hydrogen-bond donors (Lipinski definition) is 0. The smallest absolute Gasteiger partial charge is 0.175 e. The van der Waals surface area contributed by atoms with Gasteiger partial charge in [-0.05, 0) is 63.7 Å². The number of Topliss-reactive ketones (excluding diaryl/α,β-unsaturated/α-hetero) is 2. The third kappa shape index (κ3) is 4.81. The molecule has 0 spiro atoms. The number of carbonyl (C=O) groups is 2. The Morgan fingerprint density at radius 2 is 1.58 bits per heavy atom. The molecular formula is C30H38BrNO4. The first-order chi connectivity index (χ1) is 16.9. The van der Waals surface area contributed by atoms with Crippen molar-refractivity contribution in [2.45, 2.75) is 72.6 Å². The van der Waals surface area contributed by atoms with E-state index in [1.807, 2.05) is 12.1 Å². The quantitative estimate of drug-likeness (QED) is 0.335. The molecule has 0 fully saturated rings. The fourth-order valence-corrected chi connectivity index (χ4v) is 6.64. The van der Waals surface area contributed by atoms with Gasteiger partial charge in [-0.1, -0.05) is 47.3 Å². The highest BCUT2D eigenvalue weighted by Gasteiger charge is 2.49. The molecule has 0 saturated carbocycles. The Bertz CT molecular complexity index is 1120. The minimum atomic E-state index is -0.408. The van der Waals surface area contributed by atoms with E-state index < -0.39 is 5.92 Å². The van der Waals surface area contributed by atoms with Gasteiger partial charge in [-0.3, -0.25) is 9.59 Å². The van der Waals surface area contributed by atoms with E-state index in [0.29, 0.717) is 30.9 Å². The molecule has 2 aliphatic carbocycles. The molecule has 0 radical (unpaired) electrons. The highest BCUT2D eigenvalue weighted by atomic mass is 79.9. The van der Waals surface area contributed by atoms with Crippen LogP contribution in [0.5, 0.6) is 11.5 Å². The Hall–Kier alpha value is -2.34. The summed E-state index contributed by atoms with van der Waals surface area (Å²) in [7, 11) is 1.61. The van der Waals surface area contributed by atoms with Gasteiger partial charge in [0.1, 0.15) is 6.61 Å². The second kappa shape index (κ2) is 9.85. The maximum absolute atomic E-state index is 13.8. The topological polar surface area (TPSA) is 55.8 Å². The van der Waals surface area contributed by atoms with Gasteiger partial charge in [0, 0.05) is 47.8 Å². The Morgan fingerprint density at radius 1 is 1.03 bits per heavy atom. The summed E-state index contributed by atoms with van der Waals surface area (Å²) in [6.07, 6.45) is 5.20. The predicted molar refractivity (Wildman–Crippen MR) is 146 cm³/mol. The van der Waals surface area contributed by atoms with E-state index in [1.54, 1.807) is 13.2 Å². The van der Waals surface area contributed by atoms with E-state index in [-0.39, 0.29) is 22.4 Å². The number of methoxy groups -OCH3 is 1. The molecule has 0 unspecified atom stereocenters. The first-order valence-corrected chi connectivity index (χ1v) is 13.6. The summed E-state index contributed by atoms with van der Waals surface area (Å²) in [6.45, 7) is 15.7. The summed E-state index contributed by atoms with van der Waals surface area (Å²) < 4.78 is 12.3. The SMILES string of the molecule is C=CCOc1c(Br)cc(C2C3=C(CC(C)(C)CC3=O)N(CCC)C3=C2C(=O)CC(C)(C)C3)cc1OC. The van der Waals surface area contributed by atoms with Gasteiger partial charge in [0.25, 0.3) is 0 Å². The number of halogens is 1. The third-order valence-electron chi connectivity index (χ3n) is 7.40. The zero-order valence-electron chi connectivity index (χ0n) is 22.4. The largest absolute Gasteiger partial charge is 0.493 e. The van der Waals surface area contributed by atoms with Crippen molar-refractivity contribution in [3.05, 3.63) is 57.4 Å². The van der Waals surface area contributed by atoms with Crippen LogP contribution < -0.4 is 9.47 Å². The summed E-state index contributed by atoms with van der Waals surface area (Å²) >= 11 is 3.66. The van der Waals surface area contributed by atoms with Gasteiger partial charge in [-0.15, -0.1) is 0 Å². The summed E-state index contributed by atoms with van der Waals surface area (Å²) in [5, 5.41) is 0. The molecule has 0 bridgehead atoms. The maximum Gasteiger partial charge on any atom is 0.175 e. The molecule has 6 heteroatoms. The van der Waals surface area contributed by atoms with Crippen LogP contribution in [0, 0.1) is 10.8 Å². The fraction of sp³-hybridized carbons (Fsp3) is 0.533. The van der Waals surface area contributed by atoms with E-state index in [2.05, 4.69) is 62.0 Å². The molecule has 4 rings (SSSR count). The molecule has 0 amide bonds. The number of nitrogens with zero attached hydrogens (tertiary/aromatic N) is 1. The van der Waals surface area contributed by atoms with Gasteiger partial charge in [0.2, 0.25) is 0 Å². The lowest BCUT2D eigenvalue weighted by Crippen LogP contribution is -2.44. The van der Waals surface area contributed by atoms with Crippen LogP contribution in [0.15, 0.2) is 51.8 Å². The molecule has 1 aromatic carbocycles. The summed E-state index contributed by atoms with van der Waals surface area (Å²) in [4.78, 5) is 30.0. The Kier molecular flexibility index (Phi) is 7.31. The molecule has 0 N–H and O–H groups in total. The van der Waals surface area contributed by atoms with Crippen molar-refractivity contribution < 1.29 is 19.1 Å². The van der Waals surface area contributed by atoms with E-state index in [0.717, 1.165) is 58.4 Å². The van der Waals surface area contributed by atoms with Crippen LogP contribution in [0.2, 0.25) is 0 Å². The van der Waals surface area contributed by atoms with E-state index in [1.165, 1.54) is 0 Å². The molecule has 36 heavy (non-hydrogen) atoms. The van der Waals surface area contributed by atoms with Crippen molar-refractivity contribution >= 4 is 27.5 Å². The van der Waals surface area contributed by atoms with Crippen LogP contribution in [0.4, 0.5) is 0 Å². The summed E-state index contributed by atoms with van der Waals surface area (Å²) in [6, 6.07) is 3.91. The van der Waals surface area contributed by atoms with Crippen LogP contribution in [0.3, 0.4) is 0 Å². The summed E-state index contributed by atoms with van der Waals surface area (Å²) in [5.74, 6) is 1.01. The zero-order chi connectivity index (χ0) is 26.4. The van der Waals surface area contributed by atoms with Gasteiger partial charge in [-0.2, -0.15) is 0 Å². The Morgan fingerprint density at radius 3 is 2.06 bits per heavy atom. The molecule has 0 saturated heterocycles. The Balaban J connectivity index is 1.99. The molecular weight excluding hydrogens is 518 g/mol. The van der Waals surface area contributed by atoms with Crippen molar-refractivity contribution in [1.82, 2.24) is 4.90 Å². The van der Waals surface area contributed by atoms with Crippen molar-refractivity contribution in [3.63, 3.8) is 0 Å². The number of allylic oxidation sites excluding steroid dienone is 4. The molecule has 3 aliphatic rings. The number of ketones is 2. The molecule has 0 aromatic heterocycles. The lowest BCUT2D eigenvalue weighted by atomic mass is 9.63. The van der Waals surface area contributed by atoms with Crippen molar-refractivity contribution in [3.8, 4) is 11.5 Å². The molecule has 0 atom stereocenters. The van der Waals surface area contributed by atoms with Gasteiger partial charge in [0.15, 0.2) is 23.1 Å². The first kappa shape index (κ1) is 26.7. The van der Waals surface area contributed by atoms with Crippen molar-refractivity contribution in [2.75, 3.05) is 20.3 Å².